The molecule has 0 amide bonds. The summed E-state index contributed by atoms with van der Waals surface area (Å²) in [7, 11) is -3.17. The topological polar surface area (TPSA) is 46.2 Å². The van der Waals surface area contributed by atoms with Crippen molar-refractivity contribution in [3.63, 3.8) is 0 Å². The molecule has 1 aliphatic carbocycles. The average molecular weight is 315 g/mol. The van der Waals surface area contributed by atoms with Gasteiger partial charge in [-0.15, -0.1) is 0 Å². The van der Waals surface area contributed by atoms with Gasteiger partial charge in [-0.2, -0.15) is 0 Å². The Morgan fingerprint density at radius 2 is 1.59 bits per heavy atom. The Labute approximate surface area is 132 Å². The molecule has 1 saturated carbocycles. The minimum atomic E-state index is -3.17. The van der Waals surface area contributed by atoms with E-state index in [9.17, 15) is 8.42 Å². The smallest absolute Gasteiger partial charge is 0.179 e. The molecule has 0 saturated heterocycles. The second kappa shape index (κ2) is 6.63. The lowest BCUT2D eigenvalue weighted by atomic mass is 10.1. The van der Waals surface area contributed by atoms with E-state index in [-0.39, 0.29) is 5.75 Å². The predicted molar refractivity (Wildman–Crippen MR) is 88.7 cm³/mol. The second-order valence-electron chi connectivity index (χ2n) is 5.85. The molecule has 1 fully saturated rings. The Balaban J connectivity index is 1.42. The third-order valence-corrected chi connectivity index (χ3v) is 5.94. The third-order valence-electron chi connectivity index (χ3n) is 4.21. The van der Waals surface area contributed by atoms with Gasteiger partial charge in [0.1, 0.15) is 0 Å². The number of hydrogen-bond donors (Lipinski definition) is 1. The number of nitrogens with one attached hydrogen (secondary N) is 1. The van der Waals surface area contributed by atoms with Gasteiger partial charge in [0.15, 0.2) is 9.84 Å². The van der Waals surface area contributed by atoms with Crippen LogP contribution in [0.25, 0.3) is 0 Å². The van der Waals surface area contributed by atoms with Crippen molar-refractivity contribution in [2.75, 3.05) is 18.8 Å². The summed E-state index contributed by atoms with van der Waals surface area (Å²) in [5.41, 5.74) is 1.39. The Kier molecular flexibility index (Phi) is 4.60. The maximum atomic E-state index is 12.1. The van der Waals surface area contributed by atoms with E-state index < -0.39 is 9.84 Å². The summed E-state index contributed by atoms with van der Waals surface area (Å²) in [6.07, 6.45) is 1.20. The van der Waals surface area contributed by atoms with Crippen molar-refractivity contribution < 1.29 is 8.42 Å². The fraction of sp³-hybridized carbons (Fsp3) is 0.333. The molecule has 2 aromatic carbocycles. The maximum Gasteiger partial charge on any atom is 0.179 e. The quantitative estimate of drug-likeness (QED) is 0.799. The van der Waals surface area contributed by atoms with Gasteiger partial charge in [0.25, 0.3) is 0 Å². The molecule has 116 valence electrons. The van der Waals surface area contributed by atoms with E-state index in [4.69, 9.17) is 0 Å². The van der Waals surface area contributed by atoms with Crippen molar-refractivity contribution in [1.82, 2.24) is 5.32 Å². The van der Waals surface area contributed by atoms with Crippen LogP contribution in [0.4, 0.5) is 0 Å². The zero-order chi connectivity index (χ0) is 15.4. The highest BCUT2D eigenvalue weighted by molar-refractivity contribution is 7.91. The van der Waals surface area contributed by atoms with Gasteiger partial charge < -0.3 is 5.32 Å². The van der Waals surface area contributed by atoms with E-state index in [0.29, 0.717) is 23.3 Å². The molecule has 0 radical (unpaired) electrons. The second-order valence-corrected chi connectivity index (χ2v) is 7.96. The summed E-state index contributed by atoms with van der Waals surface area (Å²) in [4.78, 5) is 0.408. The summed E-state index contributed by atoms with van der Waals surface area (Å²) >= 11 is 0. The van der Waals surface area contributed by atoms with Crippen molar-refractivity contribution >= 4 is 9.84 Å². The number of rotatable bonds is 7. The molecule has 0 heterocycles. The largest absolute Gasteiger partial charge is 0.315 e. The first-order valence-corrected chi connectivity index (χ1v) is 9.35. The first-order valence-electron chi connectivity index (χ1n) is 7.70. The van der Waals surface area contributed by atoms with Crippen molar-refractivity contribution in [2.24, 2.45) is 5.92 Å². The molecule has 3 rings (SSSR count). The molecule has 0 bridgehead atoms. The first-order chi connectivity index (χ1) is 10.7. The van der Waals surface area contributed by atoms with Crippen LogP contribution < -0.4 is 5.32 Å². The van der Waals surface area contributed by atoms with Gasteiger partial charge in [0, 0.05) is 6.54 Å². The molecular formula is C18H21NO2S. The van der Waals surface area contributed by atoms with Gasteiger partial charge in [0.05, 0.1) is 10.6 Å². The first kappa shape index (κ1) is 15.3. The van der Waals surface area contributed by atoms with Crippen LogP contribution in [-0.2, 0) is 9.84 Å². The minimum Gasteiger partial charge on any atom is -0.315 e. The van der Waals surface area contributed by atoms with Crippen LogP contribution >= 0.6 is 0 Å². The van der Waals surface area contributed by atoms with Crippen LogP contribution in [0.3, 0.4) is 0 Å². The Morgan fingerprint density at radius 1 is 0.955 bits per heavy atom. The summed E-state index contributed by atoms with van der Waals surface area (Å²) in [6.45, 7) is 1.40. The third kappa shape index (κ3) is 3.76. The average Bonchev–Trinajstić information content (AvgIpc) is 3.33. The molecule has 22 heavy (non-hydrogen) atoms. The lowest BCUT2D eigenvalue weighted by molar-refractivity contribution is 0.587. The summed E-state index contributed by atoms with van der Waals surface area (Å²) in [5, 5.41) is 3.29. The van der Waals surface area contributed by atoms with Gasteiger partial charge >= 0.3 is 0 Å². The van der Waals surface area contributed by atoms with Gasteiger partial charge in [-0.1, -0.05) is 48.5 Å². The van der Waals surface area contributed by atoms with Crippen LogP contribution in [0.15, 0.2) is 65.6 Å². The lowest BCUT2D eigenvalue weighted by Crippen LogP contribution is -2.25. The molecule has 2 aromatic rings. The van der Waals surface area contributed by atoms with Crippen LogP contribution in [0.1, 0.15) is 17.9 Å². The van der Waals surface area contributed by atoms with E-state index in [0.717, 1.165) is 6.54 Å². The molecule has 0 spiro atoms. The molecule has 1 N–H and O–H groups in total. The normalized spacial score (nSPS) is 20.7. The van der Waals surface area contributed by atoms with Crippen molar-refractivity contribution in [3.05, 3.63) is 66.2 Å². The molecular weight excluding hydrogens is 294 g/mol. The zero-order valence-electron chi connectivity index (χ0n) is 12.5. The van der Waals surface area contributed by atoms with Gasteiger partial charge in [0.2, 0.25) is 0 Å². The predicted octanol–water partition coefficient (Wildman–Crippen LogP) is 2.85. The van der Waals surface area contributed by atoms with E-state index >= 15 is 0 Å². The summed E-state index contributed by atoms with van der Waals surface area (Å²) < 4.78 is 24.3. The monoisotopic (exact) mass is 315 g/mol. The van der Waals surface area contributed by atoms with E-state index in [1.165, 1.54) is 12.0 Å². The molecule has 0 unspecified atom stereocenters. The highest BCUT2D eigenvalue weighted by atomic mass is 32.2. The van der Waals surface area contributed by atoms with Gasteiger partial charge in [-0.25, -0.2) is 8.42 Å². The summed E-state index contributed by atoms with van der Waals surface area (Å²) in [6, 6.07) is 19.2. The number of sulfone groups is 1. The summed E-state index contributed by atoms with van der Waals surface area (Å²) in [5.74, 6) is 1.43. The van der Waals surface area contributed by atoms with Crippen LogP contribution in [0.5, 0.6) is 0 Å². The fourth-order valence-electron chi connectivity index (χ4n) is 2.82. The molecule has 2 atom stereocenters. The van der Waals surface area contributed by atoms with Crippen molar-refractivity contribution in [3.8, 4) is 0 Å². The van der Waals surface area contributed by atoms with Crippen LogP contribution in [0, 0.1) is 5.92 Å². The van der Waals surface area contributed by atoms with E-state index in [2.05, 4.69) is 29.6 Å². The molecule has 3 nitrogen and oxygen atoms in total. The molecule has 0 aromatic heterocycles. The Morgan fingerprint density at radius 3 is 2.27 bits per heavy atom. The zero-order valence-corrected chi connectivity index (χ0v) is 13.3. The fourth-order valence-corrected chi connectivity index (χ4v) is 4.04. The van der Waals surface area contributed by atoms with Crippen molar-refractivity contribution in [2.45, 2.75) is 17.2 Å². The highest BCUT2D eigenvalue weighted by Crippen LogP contribution is 2.46. The molecule has 1 aliphatic rings. The standard InChI is InChI=1S/C18H21NO2S/c20-22(21,17-9-5-2-6-10-17)12-11-19-14-16-13-18(16)15-7-3-1-4-8-15/h1-10,16,18-19H,11-14H2/t16-,18-/m1/s1. The Hall–Kier alpha value is -1.65. The molecule has 4 heteroatoms. The molecule has 0 aliphatic heterocycles. The van der Waals surface area contributed by atoms with Gasteiger partial charge in [-0.3, -0.25) is 0 Å². The van der Waals surface area contributed by atoms with Crippen LogP contribution in [0.2, 0.25) is 0 Å². The minimum absolute atomic E-state index is 0.153. The number of benzene rings is 2. The van der Waals surface area contributed by atoms with Crippen LogP contribution in [-0.4, -0.2) is 27.3 Å². The lowest BCUT2D eigenvalue weighted by Gasteiger charge is -2.06. The van der Waals surface area contributed by atoms with E-state index in [1.807, 2.05) is 12.1 Å². The van der Waals surface area contributed by atoms with Gasteiger partial charge in [-0.05, 0) is 42.5 Å². The number of hydrogen-bond acceptors (Lipinski definition) is 3. The van der Waals surface area contributed by atoms with E-state index in [1.54, 1.807) is 24.3 Å². The Bertz CT molecular complexity index is 698. The maximum absolute atomic E-state index is 12.1. The SMILES string of the molecule is O=S(=O)(CCNC[C@H]1C[C@@H]1c1ccccc1)c1ccccc1. The van der Waals surface area contributed by atoms with Crippen molar-refractivity contribution in [1.29, 1.82) is 0 Å². The highest BCUT2D eigenvalue weighted by Gasteiger charge is 2.37.